The second-order valence-corrected chi connectivity index (χ2v) is 3.90. The van der Waals surface area contributed by atoms with Crippen LogP contribution < -0.4 is 10.6 Å². The number of benzene rings is 1. The van der Waals surface area contributed by atoms with Crippen molar-refractivity contribution in [3.8, 4) is 0 Å². The van der Waals surface area contributed by atoms with Crippen molar-refractivity contribution in [3.63, 3.8) is 0 Å². The Labute approximate surface area is 87.4 Å². The molecule has 1 heterocycles. The van der Waals surface area contributed by atoms with E-state index in [2.05, 4.69) is 10.6 Å². The van der Waals surface area contributed by atoms with Crippen molar-refractivity contribution < 1.29 is 4.79 Å². The van der Waals surface area contributed by atoms with Crippen LogP contribution in [0.3, 0.4) is 0 Å². The average Bonchev–Trinajstić information content (AvgIpc) is 2.29. The number of rotatable bonds is 0. The summed E-state index contributed by atoms with van der Waals surface area (Å²) in [6.07, 6.45) is 0. The van der Waals surface area contributed by atoms with E-state index in [0.717, 1.165) is 11.4 Å². The van der Waals surface area contributed by atoms with E-state index in [0.29, 0.717) is 11.6 Å². The van der Waals surface area contributed by atoms with E-state index >= 15 is 0 Å². The number of amides is 1. The molecule has 14 heavy (non-hydrogen) atoms. The van der Waals surface area contributed by atoms with E-state index in [9.17, 15) is 4.79 Å². The highest BCUT2D eigenvalue weighted by Crippen LogP contribution is 2.28. The van der Waals surface area contributed by atoms with Crippen LogP contribution in [0.4, 0.5) is 11.4 Å². The zero-order chi connectivity index (χ0) is 10.1. The normalized spacial score (nSPS) is 20.4. The molecule has 4 heteroatoms. The molecule has 0 spiro atoms. The molecule has 1 aliphatic rings. The van der Waals surface area contributed by atoms with E-state index in [1.165, 1.54) is 0 Å². The van der Waals surface area contributed by atoms with Gasteiger partial charge in [0.15, 0.2) is 0 Å². The minimum Gasteiger partial charge on any atom is -0.383 e. The molecule has 1 aromatic rings. The molecular formula is C10H11ClN2O. The summed E-state index contributed by atoms with van der Waals surface area (Å²) in [5.41, 5.74) is 1.68. The van der Waals surface area contributed by atoms with Gasteiger partial charge in [-0.05, 0) is 18.2 Å². The van der Waals surface area contributed by atoms with Gasteiger partial charge in [0.2, 0.25) is 5.91 Å². The van der Waals surface area contributed by atoms with E-state index in [-0.39, 0.29) is 11.8 Å². The molecule has 1 aliphatic heterocycles. The zero-order valence-corrected chi connectivity index (χ0v) is 8.56. The van der Waals surface area contributed by atoms with Gasteiger partial charge < -0.3 is 10.6 Å². The van der Waals surface area contributed by atoms with Crippen LogP contribution in [-0.4, -0.2) is 12.5 Å². The molecule has 0 radical (unpaired) electrons. The third-order valence-electron chi connectivity index (χ3n) is 2.29. The van der Waals surface area contributed by atoms with Gasteiger partial charge in [-0.3, -0.25) is 4.79 Å². The van der Waals surface area contributed by atoms with Crippen LogP contribution in [0, 0.1) is 5.92 Å². The van der Waals surface area contributed by atoms with Crippen LogP contribution in [-0.2, 0) is 4.79 Å². The van der Waals surface area contributed by atoms with Crippen molar-refractivity contribution >= 4 is 28.9 Å². The Morgan fingerprint density at radius 3 is 3.00 bits per heavy atom. The third kappa shape index (κ3) is 1.68. The first kappa shape index (κ1) is 9.34. The van der Waals surface area contributed by atoms with Gasteiger partial charge in [0.1, 0.15) is 0 Å². The molecule has 1 aromatic carbocycles. The summed E-state index contributed by atoms with van der Waals surface area (Å²) in [6.45, 7) is 2.52. The number of anilines is 2. The summed E-state index contributed by atoms with van der Waals surface area (Å²) < 4.78 is 0. The lowest BCUT2D eigenvalue weighted by atomic mass is 10.2. The Balaban J connectivity index is 2.37. The lowest BCUT2D eigenvalue weighted by Gasteiger charge is -2.06. The molecule has 0 bridgehead atoms. The van der Waals surface area contributed by atoms with E-state index < -0.39 is 0 Å². The molecule has 0 aromatic heterocycles. The number of hydrogen-bond donors (Lipinski definition) is 2. The summed E-state index contributed by atoms with van der Waals surface area (Å²) in [5, 5.41) is 6.68. The molecule has 1 amide bonds. The summed E-state index contributed by atoms with van der Waals surface area (Å²) in [5.74, 6) is 0.0137. The molecular weight excluding hydrogens is 200 g/mol. The molecule has 0 unspecified atom stereocenters. The number of carbonyl (C=O) groups excluding carboxylic acids is 1. The first-order valence-corrected chi connectivity index (χ1v) is 4.89. The maximum atomic E-state index is 11.5. The van der Waals surface area contributed by atoms with Crippen LogP contribution in [0.5, 0.6) is 0 Å². The second-order valence-electron chi connectivity index (χ2n) is 3.46. The quantitative estimate of drug-likeness (QED) is 0.690. The van der Waals surface area contributed by atoms with Crippen molar-refractivity contribution in [2.45, 2.75) is 6.92 Å². The number of halogens is 1. The second kappa shape index (κ2) is 3.50. The largest absolute Gasteiger partial charge is 0.383 e. The van der Waals surface area contributed by atoms with Crippen LogP contribution in [0.15, 0.2) is 18.2 Å². The maximum absolute atomic E-state index is 11.5. The van der Waals surface area contributed by atoms with E-state index in [1.54, 1.807) is 12.1 Å². The highest BCUT2D eigenvalue weighted by Gasteiger charge is 2.18. The number of hydrogen-bond acceptors (Lipinski definition) is 2. The fraction of sp³-hybridized carbons (Fsp3) is 0.300. The molecule has 0 aliphatic carbocycles. The van der Waals surface area contributed by atoms with Crippen LogP contribution in [0.25, 0.3) is 0 Å². The van der Waals surface area contributed by atoms with Gasteiger partial charge in [-0.1, -0.05) is 18.5 Å². The Morgan fingerprint density at radius 1 is 1.43 bits per heavy atom. The lowest BCUT2D eigenvalue weighted by Crippen LogP contribution is -2.22. The molecule has 2 rings (SSSR count). The topological polar surface area (TPSA) is 41.1 Å². The first-order chi connectivity index (χ1) is 6.66. The van der Waals surface area contributed by atoms with Crippen molar-refractivity contribution in [1.29, 1.82) is 0 Å². The first-order valence-electron chi connectivity index (χ1n) is 4.51. The van der Waals surface area contributed by atoms with Crippen LogP contribution in [0.2, 0.25) is 5.02 Å². The Bertz CT molecular complexity index is 378. The van der Waals surface area contributed by atoms with E-state index in [1.807, 2.05) is 13.0 Å². The minimum atomic E-state index is -0.0267. The van der Waals surface area contributed by atoms with Gasteiger partial charge in [0, 0.05) is 11.6 Å². The monoisotopic (exact) mass is 210 g/mol. The maximum Gasteiger partial charge on any atom is 0.229 e. The molecule has 1 atom stereocenters. The van der Waals surface area contributed by atoms with Crippen molar-refractivity contribution in [2.24, 2.45) is 5.92 Å². The molecule has 0 saturated heterocycles. The fourth-order valence-corrected chi connectivity index (χ4v) is 1.56. The fourth-order valence-electron chi connectivity index (χ4n) is 1.38. The molecule has 0 fully saturated rings. The SMILES string of the molecule is C[C@@H]1CNc2cc(Cl)ccc2NC1=O. The standard InChI is InChI=1S/C10H11ClN2O/c1-6-5-12-9-4-7(11)2-3-8(9)13-10(6)14/h2-4,6,12H,5H2,1H3,(H,13,14)/t6-/m1/s1. The molecule has 0 saturated carbocycles. The number of fused-ring (bicyclic) bond motifs is 1. The predicted molar refractivity (Wildman–Crippen MR) is 57.7 cm³/mol. The highest BCUT2D eigenvalue weighted by atomic mass is 35.5. The summed E-state index contributed by atoms with van der Waals surface area (Å²) in [4.78, 5) is 11.5. The van der Waals surface area contributed by atoms with Gasteiger partial charge in [0.25, 0.3) is 0 Å². The average molecular weight is 211 g/mol. The number of nitrogens with one attached hydrogen (secondary N) is 2. The number of carbonyl (C=O) groups is 1. The molecule has 74 valence electrons. The van der Waals surface area contributed by atoms with Gasteiger partial charge in [-0.25, -0.2) is 0 Å². The van der Waals surface area contributed by atoms with Crippen molar-refractivity contribution in [1.82, 2.24) is 0 Å². The highest BCUT2D eigenvalue weighted by molar-refractivity contribution is 6.31. The molecule has 3 nitrogen and oxygen atoms in total. The van der Waals surface area contributed by atoms with Gasteiger partial charge in [0.05, 0.1) is 17.3 Å². The van der Waals surface area contributed by atoms with Gasteiger partial charge in [-0.15, -0.1) is 0 Å². The summed E-state index contributed by atoms with van der Waals surface area (Å²) in [7, 11) is 0. The Hall–Kier alpha value is -1.22. The summed E-state index contributed by atoms with van der Waals surface area (Å²) >= 11 is 5.85. The lowest BCUT2D eigenvalue weighted by molar-refractivity contribution is -0.118. The zero-order valence-electron chi connectivity index (χ0n) is 7.80. The Morgan fingerprint density at radius 2 is 2.21 bits per heavy atom. The predicted octanol–water partition coefficient (Wildman–Crippen LogP) is 2.34. The summed E-state index contributed by atoms with van der Waals surface area (Å²) in [6, 6.07) is 5.38. The van der Waals surface area contributed by atoms with Crippen LogP contribution >= 0.6 is 11.6 Å². The van der Waals surface area contributed by atoms with E-state index in [4.69, 9.17) is 11.6 Å². The Kier molecular flexibility index (Phi) is 2.33. The smallest absolute Gasteiger partial charge is 0.229 e. The molecule has 2 N–H and O–H groups in total. The van der Waals surface area contributed by atoms with Crippen molar-refractivity contribution in [3.05, 3.63) is 23.2 Å². The van der Waals surface area contributed by atoms with Gasteiger partial charge >= 0.3 is 0 Å². The third-order valence-corrected chi connectivity index (χ3v) is 2.52. The minimum absolute atomic E-state index is 0.0267. The van der Waals surface area contributed by atoms with Gasteiger partial charge in [-0.2, -0.15) is 0 Å². The van der Waals surface area contributed by atoms with Crippen molar-refractivity contribution in [2.75, 3.05) is 17.2 Å². The van der Waals surface area contributed by atoms with Crippen LogP contribution in [0.1, 0.15) is 6.92 Å².